The van der Waals surface area contributed by atoms with Gasteiger partial charge in [0.2, 0.25) is 0 Å². The standard InChI is InChI=1S/C36H72N2O3/c1-5-8-10-12-14-16-22-34(23-17-15-13-11-9-6-2)31-36(40)41-32-33(7-3)21-18-19-26-37(4)27-28-38(29-30-39)35-24-20-25-35/h33-35,39H,5-32H2,1-4H3. The molecule has 5 heteroatoms. The summed E-state index contributed by atoms with van der Waals surface area (Å²) >= 11 is 0. The van der Waals surface area contributed by atoms with E-state index < -0.39 is 0 Å². The fraction of sp³-hybridized carbons (Fsp3) is 0.972. The average molecular weight is 581 g/mol. The van der Waals surface area contributed by atoms with E-state index in [0.29, 0.717) is 30.9 Å². The third kappa shape index (κ3) is 20.8. The second-order valence-corrected chi connectivity index (χ2v) is 13.3. The van der Waals surface area contributed by atoms with E-state index in [9.17, 15) is 9.90 Å². The Kier molecular flexibility index (Phi) is 25.2. The predicted molar refractivity (Wildman–Crippen MR) is 176 cm³/mol. The summed E-state index contributed by atoms with van der Waals surface area (Å²) in [6, 6.07) is 0.699. The first-order chi connectivity index (χ1) is 20.0. The van der Waals surface area contributed by atoms with Crippen LogP contribution in [0.25, 0.3) is 0 Å². The Morgan fingerprint density at radius 3 is 1.83 bits per heavy atom. The Hall–Kier alpha value is -0.650. The van der Waals surface area contributed by atoms with Gasteiger partial charge in [-0.1, -0.05) is 117 Å². The lowest BCUT2D eigenvalue weighted by atomic mass is 9.91. The molecule has 0 aromatic heterocycles. The molecule has 1 atom stereocenters. The normalized spacial score (nSPS) is 14.7. The van der Waals surface area contributed by atoms with E-state index in [1.807, 2.05) is 0 Å². The summed E-state index contributed by atoms with van der Waals surface area (Å²) in [5.74, 6) is 1.04. The number of rotatable bonds is 30. The van der Waals surface area contributed by atoms with Crippen LogP contribution in [-0.2, 0) is 9.53 Å². The first kappa shape index (κ1) is 38.4. The number of aliphatic hydroxyl groups excluding tert-OH is 1. The molecule has 1 unspecified atom stereocenters. The van der Waals surface area contributed by atoms with Gasteiger partial charge in [-0.05, 0) is 64.0 Å². The Labute approximate surface area is 256 Å². The fourth-order valence-electron chi connectivity index (χ4n) is 6.27. The maximum absolute atomic E-state index is 12.8. The van der Waals surface area contributed by atoms with Crippen LogP contribution in [0.4, 0.5) is 0 Å². The zero-order chi connectivity index (χ0) is 30.0. The largest absolute Gasteiger partial charge is 0.465 e. The molecule has 5 nitrogen and oxygen atoms in total. The van der Waals surface area contributed by atoms with Crippen LogP contribution >= 0.6 is 0 Å². The minimum absolute atomic E-state index is 0.0454. The summed E-state index contributed by atoms with van der Waals surface area (Å²) in [6.07, 6.45) is 27.5. The fourth-order valence-corrected chi connectivity index (χ4v) is 6.27. The number of esters is 1. The Morgan fingerprint density at radius 2 is 1.29 bits per heavy atom. The lowest BCUT2D eigenvalue weighted by Crippen LogP contribution is -2.45. The van der Waals surface area contributed by atoms with Gasteiger partial charge >= 0.3 is 5.97 Å². The van der Waals surface area contributed by atoms with Crippen LogP contribution in [0.2, 0.25) is 0 Å². The van der Waals surface area contributed by atoms with Crippen LogP contribution in [-0.4, -0.2) is 73.4 Å². The van der Waals surface area contributed by atoms with Crippen molar-refractivity contribution in [2.24, 2.45) is 11.8 Å². The first-order valence-electron chi connectivity index (χ1n) is 18.2. The van der Waals surface area contributed by atoms with Crippen molar-refractivity contribution in [1.82, 2.24) is 9.80 Å². The van der Waals surface area contributed by atoms with Crippen molar-refractivity contribution in [2.45, 2.75) is 168 Å². The van der Waals surface area contributed by atoms with Crippen molar-refractivity contribution in [3.05, 3.63) is 0 Å². The summed E-state index contributed by atoms with van der Waals surface area (Å²) in [7, 11) is 2.23. The van der Waals surface area contributed by atoms with Gasteiger partial charge in [-0.3, -0.25) is 9.69 Å². The molecular weight excluding hydrogens is 508 g/mol. The SMILES string of the molecule is CCCCCCCCC(CCCCCCCC)CC(=O)OCC(CC)CCCCN(C)CCN(CCO)C1CCC1. The molecule has 1 aliphatic rings. The molecule has 0 aromatic rings. The molecule has 0 spiro atoms. The van der Waals surface area contributed by atoms with Crippen LogP contribution in [0.5, 0.6) is 0 Å². The Bertz CT molecular complexity index is 567. The van der Waals surface area contributed by atoms with E-state index in [1.165, 1.54) is 122 Å². The van der Waals surface area contributed by atoms with E-state index in [0.717, 1.165) is 39.0 Å². The number of unbranched alkanes of at least 4 members (excludes halogenated alkanes) is 11. The number of nitrogens with zero attached hydrogens (tertiary/aromatic N) is 2. The van der Waals surface area contributed by atoms with Crippen molar-refractivity contribution in [2.75, 3.05) is 46.4 Å². The summed E-state index contributed by atoms with van der Waals surface area (Å²) in [6.45, 7) is 11.7. The van der Waals surface area contributed by atoms with Crippen molar-refractivity contribution < 1.29 is 14.6 Å². The highest BCUT2D eigenvalue weighted by Gasteiger charge is 2.24. The molecule has 244 valence electrons. The highest BCUT2D eigenvalue weighted by atomic mass is 16.5. The molecule has 0 radical (unpaired) electrons. The van der Waals surface area contributed by atoms with Crippen LogP contribution in [0.3, 0.4) is 0 Å². The molecular formula is C36H72N2O3. The zero-order valence-electron chi connectivity index (χ0n) is 28.2. The molecule has 0 amide bonds. The molecule has 1 saturated carbocycles. The molecule has 0 heterocycles. The number of hydrogen-bond acceptors (Lipinski definition) is 5. The highest BCUT2D eigenvalue weighted by Crippen LogP contribution is 2.25. The minimum atomic E-state index is 0.0454. The third-order valence-electron chi connectivity index (χ3n) is 9.59. The van der Waals surface area contributed by atoms with Gasteiger partial charge in [0, 0.05) is 32.1 Å². The second-order valence-electron chi connectivity index (χ2n) is 13.3. The molecule has 1 N–H and O–H groups in total. The smallest absolute Gasteiger partial charge is 0.306 e. The molecule has 41 heavy (non-hydrogen) atoms. The number of ether oxygens (including phenoxy) is 1. The number of hydrogen-bond donors (Lipinski definition) is 1. The Balaban J connectivity index is 2.27. The van der Waals surface area contributed by atoms with Gasteiger partial charge in [0.25, 0.3) is 0 Å². The number of carbonyl (C=O) groups excluding carboxylic acids is 1. The third-order valence-corrected chi connectivity index (χ3v) is 9.59. The van der Waals surface area contributed by atoms with Crippen LogP contribution in [0.15, 0.2) is 0 Å². The van der Waals surface area contributed by atoms with Crippen molar-refractivity contribution in [3.63, 3.8) is 0 Å². The quantitative estimate of drug-likeness (QED) is 0.0678. The molecule has 0 aromatic carbocycles. The number of aliphatic hydroxyl groups is 1. The molecule has 0 bridgehead atoms. The summed E-state index contributed by atoms with van der Waals surface area (Å²) in [4.78, 5) is 17.8. The monoisotopic (exact) mass is 581 g/mol. The minimum Gasteiger partial charge on any atom is -0.465 e. The zero-order valence-corrected chi connectivity index (χ0v) is 28.2. The summed E-state index contributed by atoms with van der Waals surface area (Å²) in [5.41, 5.74) is 0. The molecule has 1 fully saturated rings. The van der Waals surface area contributed by atoms with E-state index in [1.54, 1.807) is 0 Å². The maximum Gasteiger partial charge on any atom is 0.306 e. The lowest BCUT2D eigenvalue weighted by Gasteiger charge is -2.38. The van der Waals surface area contributed by atoms with E-state index in [-0.39, 0.29) is 12.6 Å². The molecule has 0 saturated heterocycles. The predicted octanol–water partition coefficient (Wildman–Crippen LogP) is 9.01. The van der Waals surface area contributed by atoms with E-state index >= 15 is 0 Å². The van der Waals surface area contributed by atoms with Gasteiger partial charge in [-0.15, -0.1) is 0 Å². The van der Waals surface area contributed by atoms with Crippen LogP contribution in [0, 0.1) is 11.8 Å². The van der Waals surface area contributed by atoms with Gasteiger partial charge in [0.15, 0.2) is 0 Å². The highest BCUT2D eigenvalue weighted by molar-refractivity contribution is 5.69. The van der Waals surface area contributed by atoms with E-state index in [2.05, 4.69) is 37.6 Å². The van der Waals surface area contributed by atoms with Crippen molar-refractivity contribution in [1.29, 1.82) is 0 Å². The first-order valence-corrected chi connectivity index (χ1v) is 18.2. The van der Waals surface area contributed by atoms with Crippen molar-refractivity contribution in [3.8, 4) is 0 Å². The maximum atomic E-state index is 12.8. The molecule has 1 aliphatic carbocycles. The Morgan fingerprint density at radius 1 is 0.732 bits per heavy atom. The number of likely N-dealkylation sites (N-methyl/N-ethyl adjacent to an activating group) is 1. The molecule has 0 aliphatic heterocycles. The summed E-state index contributed by atoms with van der Waals surface area (Å²) < 4.78 is 5.87. The van der Waals surface area contributed by atoms with Gasteiger partial charge in [-0.25, -0.2) is 0 Å². The number of carbonyl (C=O) groups is 1. The van der Waals surface area contributed by atoms with E-state index in [4.69, 9.17) is 4.74 Å². The topological polar surface area (TPSA) is 53.0 Å². The second kappa shape index (κ2) is 26.9. The van der Waals surface area contributed by atoms with Gasteiger partial charge in [0.05, 0.1) is 13.2 Å². The van der Waals surface area contributed by atoms with Gasteiger partial charge < -0.3 is 14.7 Å². The van der Waals surface area contributed by atoms with Gasteiger partial charge in [0.1, 0.15) is 0 Å². The van der Waals surface area contributed by atoms with Crippen molar-refractivity contribution >= 4 is 5.97 Å². The molecule has 1 rings (SSSR count). The summed E-state index contributed by atoms with van der Waals surface area (Å²) in [5, 5.41) is 9.39. The average Bonchev–Trinajstić information content (AvgIpc) is 2.94. The lowest BCUT2D eigenvalue weighted by molar-refractivity contribution is -0.146. The van der Waals surface area contributed by atoms with Crippen LogP contribution < -0.4 is 0 Å². The van der Waals surface area contributed by atoms with Crippen LogP contribution in [0.1, 0.15) is 162 Å². The van der Waals surface area contributed by atoms with Gasteiger partial charge in [-0.2, -0.15) is 0 Å².